The zero-order chi connectivity index (χ0) is 22.4. The Kier molecular flexibility index (Phi) is 6.84. The number of hydrogen-bond acceptors (Lipinski definition) is 4. The number of allylic oxidation sites excluding steroid dienone is 3. The van der Waals surface area contributed by atoms with Gasteiger partial charge in [-0.05, 0) is 67.6 Å². The first-order chi connectivity index (χ1) is 15.6. The molecule has 2 aromatic rings. The van der Waals surface area contributed by atoms with Gasteiger partial charge in [0.25, 0.3) is 0 Å². The van der Waals surface area contributed by atoms with Crippen molar-refractivity contribution in [1.29, 1.82) is 5.26 Å². The van der Waals surface area contributed by atoms with E-state index in [-0.39, 0.29) is 12.5 Å². The summed E-state index contributed by atoms with van der Waals surface area (Å²) in [5.74, 6) is -0.119. The number of carbonyl (C=O) groups is 1. The topological polar surface area (TPSA) is 65.4 Å². The molecule has 1 aliphatic carbocycles. The molecular formula is C27H29N3O2. The van der Waals surface area contributed by atoms with Crippen LogP contribution in [-0.4, -0.2) is 37.6 Å². The molecule has 2 aromatic carbocycles. The van der Waals surface area contributed by atoms with E-state index in [0.717, 1.165) is 61.2 Å². The number of nitriles is 1. The third kappa shape index (κ3) is 5.16. The Balaban J connectivity index is 1.50. The van der Waals surface area contributed by atoms with Gasteiger partial charge < -0.3 is 15.0 Å². The highest BCUT2D eigenvalue weighted by molar-refractivity contribution is 5.79. The number of amides is 1. The highest BCUT2D eigenvalue weighted by Crippen LogP contribution is 2.37. The summed E-state index contributed by atoms with van der Waals surface area (Å²) in [6.07, 6.45) is 9.71. The van der Waals surface area contributed by atoms with Crippen LogP contribution >= 0.6 is 0 Å². The average Bonchev–Trinajstić information content (AvgIpc) is 2.85. The number of rotatable bonds is 6. The van der Waals surface area contributed by atoms with Crippen molar-refractivity contribution < 1.29 is 9.53 Å². The van der Waals surface area contributed by atoms with Crippen LogP contribution in [0.1, 0.15) is 36.8 Å². The van der Waals surface area contributed by atoms with Gasteiger partial charge in [0.2, 0.25) is 5.91 Å². The number of nitrogens with zero attached hydrogens (tertiary/aromatic N) is 2. The summed E-state index contributed by atoms with van der Waals surface area (Å²) < 4.78 is 6.36. The van der Waals surface area contributed by atoms with E-state index < -0.39 is 5.60 Å². The van der Waals surface area contributed by atoms with Gasteiger partial charge in [-0.1, -0.05) is 48.6 Å². The summed E-state index contributed by atoms with van der Waals surface area (Å²) in [5, 5.41) is 12.1. The second-order valence-electron chi connectivity index (χ2n) is 8.54. The lowest BCUT2D eigenvalue weighted by atomic mass is 9.83. The molecule has 1 fully saturated rings. The van der Waals surface area contributed by atoms with Crippen molar-refractivity contribution in [3.05, 3.63) is 83.6 Å². The molecule has 0 bridgehead atoms. The van der Waals surface area contributed by atoms with E-state index in [9.17, 15) is 10.1 Å². The minimum Gasteiger partial charge on any atom is -0.360 e. The first kappa shape index (κ1) is 22.0. The lowest BCUT2D eigenvalue weighted by Crippen LogP contribution is -2.44. The van der Waals surface area contributed by atoms with E-state index >= 15 is 0 Å². The van der Waals surface area contributed by atoms with Crippen LogP contribution in [0.2, 0.25) is 0 Å². The van der Waals surface area contributed by atoms with E-state index in [1.165, 1.54) is 0 Å². The van der Waals surface area contributed by atoms with Gasteiger partial charge >= 0.3 is 0 Å². The molecule has 5 heteroatoms. The predicted molar refractivity (Wildman–Crippen MR) is 126 cm³/mol. The smallest absolute Gasteiger partial charge is 0.250 e. The molecule has 1 amide bonds. The zero-order valence-corrected chi connectivity index (χ0v) is 18.5. The quantitative estimate of drug-likeness (QED) is 0.737. The van der Waals surface area contributed by atoms with E-state index in [0.29, 0.717) is 5.56 Å². The van der Waals surface area contributed by atoms with Crippen molar-refractivity contribution in [2.24, 2.45) is 0 Å². The minimum absolute atomic E-state index is 0.0286. The molecule has 164 valence electrons. The minimum atomic E-state index is -0.479. The molecule has 1 heterocycles. The van der Waals surface area contributed by atoms with Crippen molar-refractivity contribution in [2.45, 2.75) is 31.3 Å². The number of ether oxygens (including phenoxy) is 1. The highest BCUT2D eigenvalue weighted by Gasteiger charge is 2.37. The summed E-state index contributed by atoms with van der Waals surface area (Å²) in [6.45, 7) is 1.86. The maximum absolute atomic E-state index is 12.5. The van der Waals surface area contributed by atoms with Gasteiger partial charge in [-0.25, -0.2) is 0 Å². The molecule has 0 saturated carbocycles. The summed E-state index contributed by atoms with van der Waals surface area (Å²) in [4.78, 5) is 14.8. The Morgan fingerprint density at radius 3 is 2.59 bits per heavy atom. The van der Waals surface area contributed by atoms with Gasteiger partial charge in [0.15, 0.2) is 0 Å². The number of likely N-dealkylation sites (tertiary alicyclic amines) is 1. The Labute approximate surface area is 190 Å². The number of carbonyl (C=O) groups excluding carboxylic acids is 1. The molecule has 32 heavy (non-hydrogen) atoms. The monoisotopic (exact) mass is 427 g/mol. The van der Waals surface area contributed by atoms with Gasteiger partial charge in [0.1, 0.15) is 6.61 Å². The van der Waals surface area contributed by atoms with Crippen molar-refractivity contribution in [3.8, 4) is 17.2 Å². The van der Waals surface area contributed by atoms with Crippen molar-refractivity contribution in [2.75, 3.05) is 26.7 Å². The molecule has 0 radical (unpaired) electrons. The molecule has 1 aliphatic heterocycles. The molecule has 0 spiro atoms. The van der Waals surface area contributed by atoms with Gasteiger partial charge in [-0.15, -0.1) is 0 Å². The second kappa shape index (κ2) is 9.95. The number of benzene rings is 2. The van der Waals surface area contributed by atoms with Crippen LogP contribution < -0.4 is 5.32 Å². The van der Waals surface area contributed by atoms with Crippen LogP contribution in [0.15, 0.2) is 72.5 Å². The number of hydrogen-bond donors (Lipinski definition) is 1. The molecule has 1 N–H and O–H groups in total. The second-order valence-corrected chi connectivity index (χ2v) is 8.54. The van der Waals surface area contributed by atoms with Gasteiger partial charge in [-0.2, -0.15) is 5.26 Å². The van der Waals surface area contributed by atoms with Crippen molar-refractivity contribution in [3.63, 3.8) is 0 Å². The summed E-state index contributed by atoms with van der Waals surface area (Å²) in [6, 6.07) is 18.2. The zero-order valence-electron chi connectivity index (χ0n) is 18.5. The number of piperidine rings is 1. The first-order valence-corrected chi connectivity index (χ1v) is 11.2. The molecule has 2 aliphatic rings. The Morgan fingerprint density at radius 2 is 1.91 bits per heavy atom. The molecule has 4 rings (SSSR count). The largest absolute Gasteiger partial charge is 0.360 e. The third-order valence-corrected chi connectivity index (χ3v) is 6.29. The van der Waals surface area contributed by atoms with Crippen LogP contribution in [-0.2, 0) is 15.1 Å². The van der Waals surface area contributed by atoms with E-state index in [1.807, 2.05) is 36.4 Å². The van der Waals surface area contributed by atoms with E-state index in [4.69, 9.17) is 4.74 Å². The molecule has 5 nitrogen and oxygen atoms in total. The lowest BCUT2D eigenvalue weighted by molar-refractivity contribution is -0.138. The fourth-order valence-electron chi connectivity index (χ4n) is 4.34. The van der Waals surface area contributed by atoms with Crippen LogP contribution in [0.25, 0.3) is 11.1 Å². The maximum atomic E-state index is 12.5. The van der Waals surface area contributed by atoms with Crippen molar-refractivity contribution in [1.82, 2.24) is 10.2 Å². The standard InChI is InChI=1S/C27H29N3O2/c1-30-16-14-27(15-17-30,32-20-26(31)29-25-8-3-2-4-9-25)24-12-10-22(11-13-24)23-7-5-6-21(18-23)19-28/h3,5-13,18H,2,4,14-17,20H2,1H3,(H,29,31). The van der Waals surface area contributed by atoms with Gasteiger partial charge in [-0.3, -0.25) is 4.79 Å². The molecular weight excluding hydrogens is 398 g/mol. The van der Waals surface area contributed by atoms with E-state index in [2.05, 4.69) is 53.7 Å². The Bertz CT molecular complexity index is 1060. The first-order valence-electron chi connectivity index (χ1n) is 11.2. The van der Waals surface area contributed by atoms with Crippen LogP contribution in [0.5, 0.6) is 0 Å². The Morgan fingerprint density at radius 1 is 1.12 bits per heavy atom. The maximum Gasteiger partial charge on any atom is 0.250 e. The average molecular weight is 428 g/mol. The predicted octanol–water partition coefficient (Wildman–Crippen LogP) is 4.51. The molecule has 1 saturated heterocycles. The van der Waals surface area contributed by atoms with E-state index in [1.54, 1.807) is 0 Å². The van der Waals surface area contributed by atoms with Crippen LogP contribution in [0.4, 0.5) is 0 Å². The summed E-state index contributed by atoms with van der Waals surface area (Å²) in [5.41, 5.74) is 4.19. The molecule has 0 aromatic heterocycles. The van der Waals surface area contributed by atoms with Gasteiger partial charge in [0.05, 0.1) is 17.2 Å². The third-order valence-electron chi connectivity index (χ3n) is 6.29. The fourth-order valence-corrected chi connectivity index (χ4v) is 4.34. The SMILES string of the molecule is CN1CCC(OCC(=O)NC2=CCCC=C2)(c2ccc(-c3cccc(C#N)c3)cc2)CC1. The Hall–Kier alpha value is -3.20. The normalized spacial score (nSPS) is 17.9. The van der Waals surface area contributed by atoms with Gasteiger partial charge in [0, 0.05) is 18.8 Å². The molecule has 0 unspecified atom stereocenters. The summed E-state index contributed by atoms with van der Waals surface area (Å²) in [7, 11) is 2.11. The van der Waals surface area contributed by atoms with Crippen LogP contribution in [0, 0.1) is 11.3 Å². The summed E-state index contributed by atoms with van der Waals surface area (Å²) >= 11 is 0. The van der Waals surface area contributed by atoms with Crippen LogP contribution in [0.3, 0.4) is 0 Å². The highest BCUT2D eigenvalue weighted by atomic mass is 16.5. The van der Waals surface area contributed by atoms with Crippen molar-refractivity contribution >= 4 is 5.91 Å². The molecule has 0 atom stereocenters. The number of nitrogens with one attached hydrogen (secondary N) is 1. The lowest BCUT2D eigenvalue weighted by Gasteiger charge is -2.41. The fraction of sp³-hybridized carbons (Fsp3) is 0.333.